The van der Waals surface area contributed by atoms with E-state index in [0.717, 1.165) is 18.0 Å². The molecule has 1 aromatic rings. The summed E-state index contributed by atoms with van der Waals surface area (Å²) in [5.74, 6) is 0.723. The van der Waals surface area contributed by atoms with Crippen molar-refractivity contribution < 1.29 is 13.5 Å². The van der Waals surface area contributed by atoms with Crippen LogP contribution < -0.4 is 5.32 Å². The van der Waals surface area contributed by atoms with Crippen molar-refractivity contribution in [3.05, 3.63) is 29.8 Å². The Morgan fingerprint density at radius 3 is 2.64 bits per heavy atom. The summed E-state index contributed by atoms with van der Waals surface area (Å²) in [6.45, 7) is 1.42. The zero-order valence-electron chi connectivity index (χ0n) is 13.2. The van der Waals surface area contributed by atoms with Gasteiger partial charge in [0.2, 0.25) is 10.0 Å². The molecule has 5 nitrogen and oxygen atoms in total. The van der Waals surface area contributed by atoms with Gasteiger partial charge < -0.3 is 10.4 Å². The predicted molar refractivity (Wildman–Crippen MR) is 87.0 cm³/mol. The van der Waals surface area contributed by atoms with Gasteiger partial charge in [-0.25, -0.2) is 8.42 Å². The number of aliphatic hydroxyl groups is 1. The molecule has 6 heteroatoms. The van der Waals surface area contributed by atoms with Crippen molar-refractivity contribution in [2.24, 2.45) is 5.92 Å². The number of nitrogens with zero attached hydrogens (tertiary/aromatic N) is 1. The van der Waals surface area contributed by atoms with Crippen molar-refractivity contribution in [2.45, 2.75) is 37.1 Å². The van der Waals surface area contributed by atoms with Crippen LogP contribution in [0.5, 0.6) is 0 Å². The molecule has 1 aliphatic rings. The highest BCUT2D eigenvalue weighted by Gasteiger charge is 2.23. The molecule has 0 amide bonds. The lowest BCUT2D eigenvalue weighted by Crippen LogP contribution is -2.31. The van der Waals surface area contributed by atoms with E-state index in [4.69, 9.17) is 5.11 Å². The smallest absolute Gasteiger partial charge is 0.243 e. The highest BCUT2D eigenvalue weighted by atomic mass is 32.2. The lowest BCUT2D eigenvalue weighted by molar-refractivity contribution is 0.266. The Morgan fingerprint density at radius 1 is 1.27 bits per heavy atom. The number of benzene rings is 1. The summed E-state index contributed by atoms with van der Waals surface area (Å²) in [5.41, 5.74) is 0.783. The van der Waals surface area contributed by atoms with Crippen LogP contribution in [0.3, 0.4) is 0 Å². The molecule has 0 atom stereocenters. The molecule has 0 unspecified atom stereocenters. The Hall–Kier alpha value is -0.950. The molecule has 22 heavy (non-hydrogen) atoms. The third-order valence-corrected chi connectivity index (χ3v) is 6.26. The molecule has 0 aliphatic heterocycles. The highest BCUT2D eigenvalue weighted by Crippen LogP contribution is 2.24. The van der Waals surface area contributed by atoms with Crippen LogP contribution in [0.1, 0.15) is 31.2 Å². The van der Waals surface area contributed by atoms with Gasteiger partial charge in [-0.05, 0) is 36.9 Å². The van der Waals surface area contributed by atoms with Crippen LogP contribution in [0.4, 0.5) is 0 Å². The number of nitrogens with one attached hydrogen (secondary N) is 1. The summed E-state index contributed by atoms with van der Waals surface area (Å²) < 4.78 is 26.3. The average Bonchev–Trinajstić information content (AvgIpc) is 3.01. The molecule has 2 N–H and O–H groups in total. The molecule has 1 aromatic carbocycles. The van der Waals surface area contributed by atoms with E-state index in [1.807, 2.05) is 12.1 Å². The largest absolute Gasteiger partial charge is 0.395 e. The summed E-state index contributed by atoms with van der Waals surface area (Å²) in [4.78, 5) is 0.324. The van der Waals surface area contributed by atoms with Crippen molar-refractivity contribution in [2.75, 3.05) is 26.7 Å². The number of hydrogen-bond donors (Lipinski definition) is 2. The van der Waals surface area contributed by atoms with Crippen LogP contribution in [0, 0.1) is 5.92 Å². The number of aliphatic hydroxyl groups excluding tert-OH is 1. The number of likely N-dealkylation sites (N-methyl/N-ethyl adjacent to an activating group) is 1. The maximum absolute atomic E-state index is 12.5. The van der Waals surface area contributed by atoms with Crippen LogP contribution in [0.25, 0.3) is 0 Å². The van der Waals surface area contributed by atoms with Crippen LogP contribution in [-0.2, 0) is 16.6 Å². The van der Waals surface area contributed by atoms with Gasteiger partial charge in [-0.15, -0.1) is 0 Å². The lowest BCUT2D eigenvalue weighted by atomic mass is 10.1. The fraction of sp³-hybridized carbons (Fsp3) is 0.625. The first-order chi connectivity index (χ1) is 10.6. The first-order valence-corrected chi connectivity index (χ1v) is 9.35. The SMILES string of the molecule is CN(CCO)S(=O)(=O)c1ccccc1CNCC1CCCC1. The normalized spacial score (nSPS) is 16.5. The fourth-order valence-electron chi connectivity index (χ4n) is 2.96. The lowest BCUT2D eigenvalue weighted by Gasteiger charge is -2.19. The van der Waals surface area contributed by atoms with Crippen LogP contribution >= 0.6 is 0 Å². The van der Waals surface area contributed by atoms with Crippen molar-refractivity contribution in [3.63, 3.8) is 0 Å². The fourth-order valence-corrected chi connectivity index (χ4v) is 4.34. The van der Waals surface area contributed by atoms with E-state index < -0.39 is 10.0 Å². The monoisotopic (exact) mass is 326 g/mol. The van der Waals surface area contributed by atoms with Gasteiger partial charge in [0.25, 0.3) is 0 Å². The minimum Gasteiger partial charge on any atom is -0.395 e. The predicted octanol–water partition coefficient (Wildman–Crippen LogP) is 1.58. The van der Waals surface area contributed by atoms with Gasteiger partial charge in [-0.2, -0.15) is 4.31 Å². The second kappa shape index (κ2) is 8.06. The van der Waals surface area contributed by atoms with Crippen molar-refractivity contribution in [3.8, 4) is 0 Å². The topological polar surface area (TPSA) is 69.6 Å². The zero-order chi connectivity index (χ0) is 16.0. The molecular formula is C16H26N2O3S. The van der Waals surface area contributed by atoms with Gasteiger partial charge in [0, 0.05) is 20.1 Å². The van der Waals surface area contributed by atoms with Crippen molar-refractivity contribution in [1.82, 2.24) is 9.62 Å². The zero-order valence-corrected chi connectivity index (χ0v) is 14.0. The molecule has 1 aliphatic carbocycles. The van der Waals surface area contributed by atoms with E-state index in [9.17, 15) is 8.42 Å². The summed E-state index contributed by atoms with van der Waals surface area (Å²) in [6.07, 6.45) is 5.16. The highest BCUT2D eigenvalue weighted by molar-refractivity contribution is 7.89. The molecule has 0 heterocycles. The van der Waals surface area contributed by atoms with Crippen LogP contribution in [0.2, 0.25) is 0 Å². The summed E-state index contributed by atoms with van der Waals surface area (Å²) in [7, 11) is -2.05. The minimum absolute atomic E-state index is 0.103. The maximum atomic E-state index is 12.5. The van der Waals surface area contributed by atoms with Crippen molar-refractivity contribution in [1.29, 1.82) is 0 Å². The third-order valence-electron chi connectivity index (χ3n) is 4.30. The van der Waals surface area contributed by atoms with Gasteiger partial charge in [0.15, 0.2) is 0 Å². The van der Waals surface area contributed by atoms with E-state index in [1.165, 1.54) is 37.0 Å². The Bertz CT molecular complexity index is 569. The Morgan fingerprint density at radius 2 is 1.95 bits per heavy atom. The standard InChI is InChI=1S/C16H26N2O3S/c1-18(10-11-19)22(20,21)16-9-5-4-8-15(16)13-17-12-14-6-2-3-7-14/h4-5,8-9,14,17,19H,2-3,6-7,10-13H2,1H3. The molecule has 1 saturated carbocycles. The Balaban J connectivity index is 2.05. The second-order valence-corrected chi connectivity index (χ2v) is 7.95. The van der Waals surface area contributed by atoms with Gasteiger partial charge in [0.1, 0.15) is 0 Å². The number of hydrogen-bond acceptors (Lipinski definition) is 4. The molecule has 0 aromatic heterocycles. The van der Waals surface area contributed by atoms with Gasteiger partial charge in [-0.1, -0.05) is 31.0 Å². The average molecular weight is 326 g/mol. The molecule has 124 valence electrons. The number of sulfonamides is 1. The molecule has 0 radical (unpaired) electrons. The molecule has 0 spiro atoms. The molecule has 0 saturated heterocycles. The molecular weight excluding hydrogens is 300 g/mol. The van der Waals surface area contributed by atoms with Crippen LogP contribution in [-0.4, -0.2) is 44.6 Å². The van der Waals surface area contributed by atoms with Gasteiger partial charge in [-0.3, -0.25) is 0 Å². The van der Waals surface area contributed by atoms with Gasteiger partial charge >= 0.3 is 0 Å². The summed E-state index contributed by atoms with van der Waals surface area (Å²) in [6, 6.07) is 7.08. The second-order valence-electron chi connectivity index (χ2n) is 5.94. The van der Waals surface area contributed by atoms with E-state index in [-0.39, 0.29) is 13.2 Å². The maximum Gasteiger partial charge on any atom is 0.243 e. The Labute approximate surface area is 133 Å². The van der Waals surface area contributed by atoms with E-state index in [0.29, 0.717) is 11.4 Å². The summed E-state index contributed by atoms with van der Waals surface area (Å²) >= 11 is 0. The Kier molecular flexibility index (Phi) is 6.37. The van der Waals surface area contributed by atoms with Gasteiger partial charge in [0.05, 0.1) is 11.5 Å². The first kappa shape index (κ1) is 17.4. The third kappa shape index (κ3) is 4.29. The van der Waals surface area contributed by atoms with E-state index in [2.05, 4.69) is 5.32 Å². The quantitative estimate of drug-likeness (QED) is 0.761. The van der Waals surface area contributed by atoms with Crippen molar-refractivity contribution >= 4 is 10.0 Å². The first-order valence-electron chi connectivity index (χ1n) is 7.91. The minimum atomic E-state index is -3.55. The van der Waals surface area contributed by atoms with E-state index >= 15 is 0 Å². The van der Waals surface area contributed by atoms with Crippen LogP contribution in [0.15, 0.2) is 29.2 Å². The molecule has 2 rings (SSSR count). The van der Waals surface area contributed by atoms with E-state index in [1.54, 1.807) is 12.1 Å². The molecule has 1 fully saturated rings. The number of rotatable bonds is 8. The molecule has 0 bridgehead atoms. The summed E-state index contributed by atoms with van der Waals surface area (Å²) in [5, 5.41) is 12.4.